The minimum atomic E-state index is -0.458. The molecule has 0 aliphatic carbocycles. The van der Waals surface area contributed by atoms with E-state index in [-0.39, 0.29) is 5.76 Å². The maximum Gasteiger partial charge on any atom is 0.343 e. The number of hydrazone groups is 1. The Kier molecular flexibility index (Phi) is 5.60. The summed E-state index contributed by atoms with van der Waals surface area (Å²) in [5.74, 6) is -0.318. The van der Waals surface area contributed by atoms with Gasteiger partial charge in [0.15, 0.2) is 10.4 Å². The highest BCUT2D eigenvalue weighted by Gasteiger charge is 2.09. The maximum absolute atomic E-state index is 12.0. The predicted octanol–water partition coefficient (Wildman–Crippen LogP) is 4.03. The molecule has 0 saturated heterocycles. The highest BCUT2D eigenvalue weighted by atomic mass is 79.9. The van der Waals surface area contributed by atoms with Crippen LogP contribution in [0, 0.1) is 0 Å². The standard InChI is InChI=1S/C19H13BrN2O4/c20-17-11-10-16(26-17)18(23)22-21-12-13-6-8-15(9-7-13)25-19(24)14-4-2-1-3-5-14/h1-12H,(H,22,23). The van der Waals surface area contributed by atoms with E-state index < -0.39 is 11.9 Å². The lowest BCUT2D eigenvalue weighted by Gasteiger charge is -2.04. The van der Waals surface area contributed by atoms with Gasteiger partial charge in [0.2, 0.25) is 0 Å². The highest BCUT2D eigenvalue weighted by molar-refractivity contribution is 9.10. The van der Waals surface area contributed by atoms with Crippen LogP contribution in [0.5, 0.6) is 5.75 Å². The van der Waals surface area contributed by atoms with Gasteiger partial charge in [0.1, 0.15) is 5.75 Å². The maximum atomic E-state index is 12.0. The third-order valence-corrected chi connectivity index (χ3v) is 3.70. The zero-order valence-corrected chi connectivity index (χ0v) is 15.0. The smallest absolute Gasteiger partial charge is 0.343 e. The molecule has 130 valence electrons. The van der Waals surface area contributed by atoms with Gasteiger partial charge in [0, 0.05) is 0 Å². The van der Waals surface area contributed by atoms with Gasteiger partial charge in [-0.2, -0.15) is 5.10 Å². The summed E-state index contributed by atoms with van der Waals surface area (Å²) in [5.41, 5.74) is 3.56. The average Bonchev–Trinajstić information content (AvgIpc) is 3.10. The van der Waals surface area contributed by atoms with Crippen molar-refractivity contribution in [3.8, 4) is 5.75 Å². The van der Waals surface area contributed by atoms with E-state index in [0.29, 0.717) is 16.0 Å². The summed E-state index contributed by atoms with van der Waals surface area (Å²) in [6, 6.07) is 18.6. The summed E-state index contributed by atoms with van der Waals surface area (Å²) in [6.45, 7) is 0. The lowest BCUT2D eigenvalue weighted by Crippen LogP contribution is -2.16. The normalized spacial score (nSPS) is 10.7. The molecule has 1 N–H and O–H groups in total. The lowest BCUT2D eigenvalue weighted by molar-refractivity contribution is 0.0734. The predicted molar refractivity (Wildman–Crippen MR) is 99.3 cm³/mol. The molecule has 0 aliphatic rings. The third kappa shape index (κ3) is 4.67. The molecule has 0 spiro atoms. The van der Waals surface area contributed by atoms with Gasteiger partial charge in [-0.25, -0.2) is 10.2 Å². The Morgan fingerprint density at radius 3 is 2.38 bits per heavy atom. The number of nitrogens with one attached hydrogen (secondary N) is 1. The van der Waals surface area contributed by atoms with Crippen molar-refractivity contribution in [1.82, 2.24) is 5.43 Å². The van der Waals surface area contributed by atoms with E-state index in [4.69, 9.17) is 9.15 Å². The number of carbonyl (C=O) groups excluding carboxylic acids is 2. The number of esters is 1. The number of rotatable bonds is 5. The van der Waals surface area contributed by atoms with Crippen LogP contribution in [0.1, 0.15) is 26.5 Å². The Morgan fingerprint density at radius 2 is 1.73 bits per heavy atom. The third-order valence-electron chi connectivity index (χ3n) is 3.28. The number of carbonyl (C=O) groups is 2. The largest absolute Gasteiger partial charge is 0.444 e. The Labute approximate surface area is 157 Å². The number of furan rings is 1. The minimum absolute atomic E-state index is 0.150. The second-order valence-electron chi connectivity index (χ2n) is 5.13. The molecule has 2 aromatic carbocycles. The van der Waals surface area contributed by atoms with Crippen molar-refractivity contribution in [2.75, 3.05) is 0 Å². The Bertz CT molecular complexity index is 934. The Balaban J connectivity index is 1.56. The van der Waals surface area contributed by atoms with Gasteiger partial charge in [-0.05, 0) is 70.0 Å². The molecule has 3 aromatic rings. The van der Waals surface area contributed by atoms with E-state index in [0.717, 1.165) is 5.56 Å². The molecule has 0 bridgehead atoms. The molecule has 0 atom stereocenters. The van der Waals surface area contributed by atoms with Crippen molar-refractivity contribution < 1.29 is 18.7 Å². The van der Waals surface area contributed by atoms with Crippen molar-refractivity contribution in [3.05, 3.63) is 88.3 Å². The molecule has 26 heavy (non-hydrogen) atoms. The van der Waals surface area contributed by atoms with Gasteiger partial charge in [0.05, 0.1) is 11.8 Å². The second-order valence-corrected chi connectivity index (χ2v) is 5.91. The minimum Gasteiger partial charge on any atom is -0.444 e. The fourth-order valence-electron chi connectivity index (χ4n) is 2.02. The number of benzene rings is 2. The average molecular weight is 413 g/mol. The first-order valence-electron chi connectivity index (χ1n) is 7.58. The second kappa shape index (κ2) is 8.26. The summed E-state index contributed by atoms with van der Waals surface area (Å²) in [5, 5.41) is 3.86. The molecule has 3 rings (SSSR count). The fourth-order valence-corrected chi connectivity index (χ4v) is 2.33. The molecular formula is C19H13BrN2O4. The molecule has 1 amide bonds. The van der Waals surface area contributed by atoms with E-state index in [1.165, 1.54) is 12.3 Å². The number of halogens is 1. The van der Waals surface area contributed by atoms with Crippen molar-refractivity contribution in [1.29, 1.82) is 0 Å². The molecule has 6 nitrogen and oxygen atoms in total. The number of nitrogens with zero attached hydrogens (tertiary/aromatic N) is 1. The van der Waals surface area contributed by atoms with E-state index >= 15 is 0 Å². The van der Waals surface area contributed by atoms with Crippen LogP contribution in [-0.4, -0.2) is 18.1 Å². The summed E-state index contributed by atoms with van der Waals surface area (Å²) < 4.78 is 10.9. The first-order valence-corrected chi connectivity index (χ1v) is 8.37. The number of hydrogen-bond donors (Lipinski definition) is 1. The van der Waals surface area contributed by atoms with Gasteiger partial charge in [-0.15, -0.1) is 0 Å². The number of hydrogen-bond acceptors (Lipinski definition) is 5. The van der Waals surface area contributed by atoms with Crippen LogP contribution in [-0.2, 0) is 0 Å². The van der Waals surface area contributed by atoms with Crippen molar-refractivity contribution in [2.24, 2.45) is 5.10 Å². The molecule has 0 aliphatic heterocycles. The Hall–Kier alpha value is -3.19. The van der Waals surface area contributed by atoms with Gasteiger partial charge < -0.3 is 9.15 Å². The molecule has 0 radical (unpaired) electrons. The molecule has 0 saturated carbocycles. The molecule has 0 fully saturated rings. The zero-order chi connectivity index (χ0) is 18.4. The van der Waals surface area contributed by atoms with E-state index in [1.54, 1.807) is 54.6 Å². The summed E-state index contributed by atoms with van der Waals surface area (Å²) in [6.07, 6.45) is 1.47. The van der Waals surface area contributed by atoms with E-state index in [2.05, 4.69) is 26.5 Å². The number of ether oxygens (including phenoxy) is 1. The quantitative estimate of drug-likeness (QED) is 0.297. The van der Waals surface area contributed by atoms with E-state index in [1.807, 2.05) is 6.07 Å². The van der Waals surface area contributed by atoms with Gasteiger partial charge >= 0.3 is 11.9 Å². The monoisotopic (exact) mass is 412 g/mol. The van der Waals surface area contributed by atoms with Crippen LogP contribution in [0.2, 0.25) is 0 Å². The SMILES string of the molecule is O=C(Oc1ccc(C=NNC(=O)c2ccc(Br)o2)cc1)c1ccccc1. The summed E-state index contributed by atoms with van der Waals surface area (Å²) in [4.78, 5) is 23.7. The highest BCUT2D eigenvalue weighted by Crippen LogP contribution is 2.14. The Morgan fingerprint density at radius 1 is 1.00 bits per heavy atom. The zero-order valence-electron chi connectivity index (χ0n) is 13.4. The molecular weight excluding hydrogens is 400 g/mol. The molecule has 7 heteroatoms. The van der Waals surface area contributed by atoms with Crippen LogP contribution < -0.4 is 10.2 Å². The van der Waals surface area contributed by atoms with Crippen molar-refractivity contribution in [3.63, 3.8) is 0 Å². The molecule has 1 heterocycles. The van der Waals surface area contributed by atoms with Gasteiger partial charge in [-0.1, -0.05) is 18.2 Å². The van der Waals surface area contributed by atoms with Crippen LogP contribution in [0.15, 0.2) is 80.9 Å². The van der Waals surface area contributed by atoms with Crippen LogP contribution in [0.4, 0.5) is 0 Å². The fraction of sp³-hybridized carbons (Fsp3) is 0. The van der Waals surface area contributed by atoms with Gasteiger partial charge in [-0.3, -0.25) is 4.79 Å². The van der Waals surface area contributed by atoms with Crippen LogP contribution >= 0.6 is 15.9 Å². The van der Waals surface area contributed by atoms with E-state index in [9.17, 15) is 9.59 Å². The number of amides is 1. The molecule has 1 aromatic heterocycles. The van der Waals surface area contributed by atoms with Crippen LogP contribution in [0.25, 0.3) is 0 Å². The topological polar surface area (TPSA) is 80.9 Å². The first kappa shape index (κ1) is 17.6. The van der Waals surface area contributed by atoms with Crippen molar-refractivity contribution in [2.45, 2.75) is 0 Å². The summed E-state index contributed by atoms with van der Waals surface area (Å²) >= 11 is 3.12. The lowest BCUT2D eigenvalue weighted by atomic mass is 10.2. The summed E-state index contributed by atoms with van der Waals surface area (Å²) in [7, 11) is 0. The van der Waals surface area contributed by atoms with Gasteiger partial charge in [0.25, 0.3) is 0 Å². The molecule has 0 unspecified atom stereocenters. The first-order chi connectivity index (χ1) is 12.6. The van der Waals surface area contributed by atoms with Crippen molar-refractivity contribution >= 4 is 34.0 Å². The van der Waals surface area contributed by atoms with Crippen LogP contribution in [0.3, 0.4) is 0 Å².